The quantitative estimate of drug-likeness (QED) is 0.0807. The molecule has 1 saturated carbocycles. The van der Waals surface area contributed by atoms with Crippen LogP contribution in [0.1, 0.15) is 102 Å². The number of amides is 2. The van der Waals surface area contributed by atoms with Crippen molar-refractivity contribution in [3.05, 3.63) is 109 Å². The van der Waals surface area contributed by atoms with Crippen LogP contribution >= 0.6 is 34.5 Å². The Morgan fingerprint density at radius 3 is 2.36 bits per heavy atom. The number of halogens is 2. The molecule has 0 spiro atoms. The molecule has 5 aromatic rings. The minimum Gasteiger partial charge on any atom is -0.489 e. The van der Waals surface area contributed by atoms with Gasteiger partial charge in [-0.1, -0.05) is 63.0 Å². The summed E-state index contributed by atoms with van der Waals surface area (Å²) < 4.78 is 26.1. The van der Waals surface area contributed by atoms with E-state index < -0.39 is 16.9 Å². The summed E-state index contributed by atoms with van der Waals surface area (Å²) in [6, 6.07) is 14.0. The smallest absolute Gasteiger partial charge is 0.254 e. The highest BCUT2D eigenvalue weighted by atomic mass is 35.5. The van der Waals surface area contributed by atoms with Gasteiger partial charge >= 0.3 is 0 Å². The first-order chi connectivity index (χ1) is 33.1. The Kier molecular flexibility index (Phi) is 15.4. The summed E-state index contributed by atoms with van der Waals surface area (Å²) in [6.07, 6.45) is 4.83. The van der Waals surface area contributed by atoms with Gasteiger partial charge in [-0.2, -0.15) is 5.26 Å². The van der Waals surface area contributed by atoms with Crippen LogP contribution in [0.2, 0.25) is 10.0 Å². The fourth-order valence-electron chi connectivity index (χ4n) is 9.91. The van der Waals surface area contributed by atoms with Crippen LogP contribution in [0, 0.1) is 42.9 Å². The molecule has 69 heavy (non-hydrogen) atoms. The summed E-state index contributed by atoms with van der Waals surface area (Å²) in [4.78, 5) is 44.3. The number of aliphatic imine (C=N–C) groups is 1. The largest absolute Gasteiger partial charge is 0.489 e. The molecule has 0 bridgehead atoms. The van der Waals surface area contributed by atoms with Crippen LogP contribution in [0.4, 0.5) is 5.95 Å². The molecule has 5 heterocycles. The van der Waals surface area contributed by atoms with Crippen molar-refractivity contribution >= 4 is 58.0 Å². The molecule has 2 aliphatic heterocycles. The number of nitriles is 1. The number of aryl methyl sites for hydroxylation is 2. The number of aromatic nitrogens is 5. The number of hydrogen-bond donors (Lipinski definition) is 2. The minimum absolute atomic E-state index is 0.0124. The van der Waals surface area contributed by atoms with Gasteiger partial charge in [-0.15, -0.1) is 21.5 Å². The first-order valence-corrected chi connectivity index (χ1v) is 24.8. The maximum atomic E-state index is 13.5. The first-order valence-electron chi connectivity index (χ1n) is 23.2. The number of piperidine rings is 1. The topological polar surface area (TPSA) is 191 Å². The van der Waals surface area contributed by atoms with Gasteiger partial charge in [0, 0.05) is 76.0 Å². The molecule has 2 aromatic carbocycles. The van der Waals surface area contributed by atoms with Gasteiger partial charge in [-0.3, -0.25) is 19.1 Å². The summed E-state index contributed by atoms with van der Waals surface area (Å²) in [5.74, 6) is 2.07. The van der Waals surface area contributed by atoms with Crippen molar-refractivity contribution in [3.63, 3.8) is 0 Å². The van der Waals surface area contributed by atoms with Gasteiger partial charge < -0.3 is 34.5 Å². The van der Waals surface area contributed by atoms with E-state index in [9.17, 15) is 14.9 Å². The predicted octanol–water partition coefficient (Wildman–Crippen LogP) is 7.95. The van der Waals surface area contributed by atoms with E-state index >= 15 is 0 Å². The second-order valence-corrected chi connectivity index (χ2v) is 20.9. The highest BCUT2D eigenvalue weighted by Gasteiger charge is 2.64. The van der Waals surface area contributed by atoms with Gasteiger partial charge in [0.1, 0.15) is 34.8 Å². The molecular weight excluding hydrogens is 940 g/mol. The van der Waals surface area contributed by atoms with E-state index in [4.69, 9.17) is 47.1 Å². The van der Waals surface area contributed by atoms with Gasteiger partial charge in [0.25, 0.3) is 5.91 Å². The van der Waals surface area contributed by atoms with E-state index in [1.165, 1.54) is 4.88 Å². The number of ether oxygens (including phenoxy) is 4. The number of thiophene rings is 1. The fraction of sp³-hybridized carbons (Fsp3) is 0.480. The van der Waals surface area contributed by atoms with Crippen molar-refractivity contribution in [1.29, 1.82) is 5.26 Å². The van der Waals surface area contributed by atoms with Crippen LogP contribution in [0.25, 0.3) is 5.00 Å². The average Bonchev–Trinajstić information content (AvgIpc) is 3.81. The van der Waals surface area contributed by atoms with Crippen molar-refractivity contribution in [2.75, 3.05) is 57.6 Å². The normalized spacial score (nSPS) is 20.1. The van der Waals surface area contributed by atoms with Crippen LogP contribution in [0.3, 0.4) is 0 Å². The summed E-state index contributed by atoms with van der Waals surface area (Å²) >= 11 is 14.2. The van der Waals surface area contributed by atoms with Crippen molar-refractivity contribution < 1.29 is 28.5 Å². The molecule has 3 aliphatic rings. The second kappa shape index (κ2) is 21.3. The van der Waals surface area contributed by atoms with Crippen LogP contribution in [0.15, 0.2) is 59.9 Å². The van der Waals surface area contributed by atoms with E-state index in [0.29, 0.717) is 84.8 Å². The molecule has 2 atom stereocenters. The number of anilines is 1. The number of hydrogen-bond acceptors (Lipinski definition) is 14. The van der Waals surface area contributed by atoms with Crippen molar-refractivity contribution in [2.24, 2.45) is 15.8 Å². The van der Waals surface area contributed by atoms with E-state index in [0.717, 1.165) is 52.6 Å². The molecule has 3 aromatic heterocycles. The number of fused-ring (bicyclic) bond motifs is 3. The van der Waals surface area contributed by atoms with Gasteiger partial charge in [0.2, 0.25) is 11.9 Å². The molecule has 1 unspecified atom stereocenters. The van der Waals surface area contributed by atoms with Crippen LogP contribution < -0.4 is 20.3 Å². The first kappa shape index (κ1) is 49.9. The van der Waals surface area contributed by atoms with Crippen molar-refractivity contribution in [3.8, 4) is 16.8 Å². The number of nitrogens with zero attached hydrogens (tertiary/aromatic N) is 8. The number of carbonyl (C=O) groups is 2. The number of carbonyl (C=O) groups excluding carboxylic acids is 2. The van der Waals surface area contributed by atoms with E-state index in [1.807, 2.05) is 35.8 Å². The zero-order valence-electron chi connectivity index (χ0n) is 40.0. The third-order valence-electron chi connectivity index (χ3n) is 13.2. The minimum atomic E-state index is -0.551. The number of rotatable bonds is 18. The third kappa shape index (κ3) is 10.8. The Morgan fingerprint density at radius 2 is 1.65 bits per heavy atom. The highest BCUT2D eigenvalue weighted by molar-refractivity contribution is 7.15. The molecule has 2 N–H and O–H groups in total. The lowest BCUT2D eigenvalue weighted by Gasteiger charge is -2.63. The molecule has 364 valence electrons. The molecule has 16 nitrogen and oxygen atoms in total. The van der Waals surface area contributed by atoms with Crippen molar-refractivity contribution in [2.45, 2.75) is 92.0 Å². The molecule has 1 saturated heterocycles. The molecule has 1 aliphatic carbocycles. The van der Waals surface area contributed by atoms with E-state index in [2.05, 4.69) is 83.3 Å². The molecule has 0 radical (unpaired) electrons. The Morgan fingerprint density at radius 1 is 0.942 bits per heavy atom. The maximum absolute atomic E-state index is 13.5. The number of benzene rings is 2. The molecule has 19 heteroatoms. The Labute approximate surface area is 416 Å². The lowest BCUT2D eigenvalue weighted by atomic mass is 9.49. The number of nitrogens with one attached hydrogen (secondary N) is 2. The third-order valence-corrected chi connectivity index (χ3v) is 15.0. The van der Waals surface area contributed by atoms with Crippen LogP contribution in [-0.4, -0.2) is 113 Å². The standard InChI is InChI=1S/C50H58Cl2N10O6S/c1-29-30(2)69-45-41(29)42(32-10-13-35(51)14-11-32)57-39(43-60-59-31(3)62(43)45)24-40(63)54-16-18-65-19-20-66-21-22-67-37-9-8-17-61(28-37)48-55-26-34(27-56-48)44(64)58-46-49(4,5)47(50(46,6)7)68-36-15-12-33(25-53)38(52)23-36/h10-15,23,26-27,37,39,46-47H,8-9,16-22,24,28H2,1-7H3,(H,54,63)(H,58,64)/t37?,39-,46?,47?/m0/s1. The van der Waals surface area contributed by atoms with Gasteiger partial charge in [-0.05, 0) is 63.4 Å². The molecule has 8 rings (SSSR count). The molecular formula is C50H58Cl2N10O6S. The Balaban J connectivity index is 0.726. The average molecular weight is 998 g/mol. The Hall–Kier alpha value is -5.48. The summed E-state index contributed by atoms with van der Waals surface area (Å²) in [5, 5.41) is 26.2. The van der Waals surface area contributed by atoms with Crippen LogP contribution in [0.5, 0.6) is 5.75 Å². The Bertz CT molecular complexity index is 2720. The van der Waals surface area contributed by atoms with E-state index in [1.54, 1.807) is 41.9 Å². The van der Waals surface area contributed by atoms with Gasteiger partial charge in [0.15, 0.2) is 5.82 Å². The monoisotopic (exact) mass is 996 g/mol. The SMILES string of the molecule is Cc1sc2c(c1C)C(c1ccc(Cl)cc1)=N[C@@H](CC(=O)NCCOCCOCCOC1CCCN(c3ncc(C(=O)NC4C(C)(C)C(Oc5ccc(C#N)c(Cl)c5)C4(C)C)cn3)C1)c1nnc(C)n1-2. The summed E-state index contributed by atoms with van der Waals surface area (Å²) in [6.45, 7) is 18.0. The van der Waals surface area contributed by atoms with E-state index in [-0.39, 0.29) is 36.5 Å². The lowest BCUT2D eigenvalue weighted by Crippen LogP contribution is -2.74. The molecule has 2 amide bonds. The van der Waals surface area contributed by atoms with Crippen LogP contribution in [-0.2, 0) is 19.0 Å². The maximum Gasteiger partial charge on any atom is 0.254 e. The zero-order valence-corrected chi connectivity index (χ0v) is 42.3. The van der Waals surface area contributed by atoms with Gasteiger partial charge in [0.05, 0.1) is 67.4 Å². The van der Waals surface area contributed by atoms with Crippen molar-refractivity contribution in [1.82, 2.24) is 35.4 Å². The lowest BCUT2D eigenvalue weighted by molar-refractivity contribution is -0.164. The fourth-order valence-corrected chi connectivity index (χ4v) is 11.5. The predicted molar refractivity (Wildman–Crippen MR) is 265 cm³/mol. The highest BCUT2D eigenvalue weighted by Crippen LogP contribution is 2.55. The van der Waals surface area contributed by atoms with Gasteiger partial charge in [-0.25, -0.2) is 9.97 Å². The summed E-state index contributed by atoms with van der Waals surface area (Å²) in [5.41, 5.74) is 3.82. The molecule has 2 fully saturated rings. The second-order valence-electron chi connectivity index (χ2n) is 18.8. The zero-order chi connectivity index (χ0) is 49.0. The summed E-state index contributed by atoms with van der Waals surface area (Å²) in [7, 11) is 0.